The average molecular weight is 533 g/mol. The van der Waals surface area contributed by atoms with Crippen LogP contribution in [0.4, 0.5) is 5.69 Å². The Morgan fingerprint density at radius 3 is 2.47 bits per heavy atom. The van der Waals surface area contributed by atoms with E-state index in [1.165, 1.54) is 40.7 Å². The first kappa shape index (κ1) is 26.5. The number of hydrogen-bond donors (Lipinski definition) is 1. The molecule has 0 bridgehead atoms. The van der Waals surface area contributed by atoms with Crippen LogP contribution in [0.3, 0.4) is 0 Å². The van der Waals surface area contributed by atoms with Crippen molar-refractivity contribution >= 4 is 38.6 Å². The highest BCUT2D eigenvalue weighted by atomic mass is 32.2. The van der Waals surface area contributed by atoms with Crippen molar-refractivity contribution in [2.45, 2.75) is 25.3 Å². The van der Waals surface area contributed by atoms with Crippen LogP contribution in [-0.4, -0.2) is 42.8 Å². The number of nitrogens with zero attached hydrogens (tertiary/aromatic N) is 3. The standard InChI is InChI=1S/C27H24N4O6S/c1-3-31(4-2)38(34,35)20-11-13-24-22(15-20)25(30-37-24)26(32)29-23-12-10-19(16-28)14-21(23)27(33)36-17-18-8-6-5-7-9-18/h5-15H,3-4,17H2,1-2H3,(H,29,32). The Labute approximate surface area is 219 Å². The lowest BCUT2D eigenvalue weighted by atomic mass is 10.1. The van der Waals surface area contributed by atoms with Gasteiger partial charge in [0, 0.05) is 13.1 Å². The van der Waals surface area contributed by atoms with Gasteiger partial charge in [0.05, 0.1) is 33.2 Å². The Balaban J connectivity index is 1.63. The fourth-order valence-corrected chi connectivity index (χ4v) is 5.31. The molecule has 0 fully saturated rings. The van der Waals surface area contributed by atoms with E-state index in [4.69, 9.17) is 9.26 Å². The quantitative estimate of drug-likeness (QED) is 0.314. The molecular formula is C27H24N4O6S. The van der Waals surface area contributed by atoms with Crippen LogP contribution in [0.5, 0.6) is 0 Å². The minimum absolute atomic E-state index is 0.00154. The number of sulfonamides is 1. The Kier molecular flexibility index (Phi) is 7.85. The topological polar surface area (TPSA) is 143 Å². The first-order valence-corrected chi connectivity index (χ1v) is 13.2. The zero-order valence-corrected chi connectivity index (χ0v) is 21.5. The van der Waals surface area contributed by atoms with Gasteiger partial charge < -0.3 is 14.6 Å². The zero-order chi connectivity index (χ0) is 27.3. The number of ether oxygens (including phenoxy) is 1. The molecule has 4 rings (SSSR count). The summed E-state index contributed by atoms with van der Waals surface area (Å²) in [6.45, 7) is 4.04. The molecule has 1 heterocycles. The second-order valence-electron chi connectivity index (χ2n) is 8.17. The van der Waals surface area contributed by atoms with E-state index in [0.717, 1.165) is 5.56 Å². The Morgan fingerprint density at radius 2 is 1.79 bits per heavy atom. The summed E-state index contributed by atoms with van der Waals surface area (Å²) in [6.07, 6.45) is 0. The monoisotopic (exact) mass is 532 g/mol. The maximum absolute atomic E-state index is 13.2. The van der Waals surface area contributed by atoms with E-state index in [-0.39, 0.29) is 58.1 Å². The van der Waals surface area contributed by atoms with Gasteiger partial charge in [0.2, 0.25) is 10.0 Å². The average Bonchev–Trinajstić information content (AvgIpc) is 3.36. The fraction of sp³-hybridized carbons (Fsp3) is 0.185. The number of esters is 1. The molecule has 0 aliphatic carbocycles. The van der Waals surface area contributed by atoms with Gasteiger partial charge in [-0.05, 0) is 42.0 Å². The van der Waals surface area contributed by atoms with Crippen molar-refractivity contribution in [3.63, 3.8) is 0 Å². The second-order valence-corrected chi connectivity index (χ2v) is 10.1. The van der Waals surface area contributed by atoms with Gasteiger partial charge in [-0.15, -0.1) is 0 Å². The maximum atomic E-state index is 13.2. The lowest BCUT2D eigenvalue weighted by Crippen LogP contribution is -2.30. The SMILES string of the molecule is CCN(CC)S(=O)(=O)c1ccc2onc(C(=O)Nc3ccc(C#N)cc3C(=O)OCc3ccccc3)c2c1. The van der Waals surface area contributed by atoms with Gasteiger partial charge in [0.1, 0.15) is 6.61 Å². The Bertz CT molecular complexity index is 1640. The van der Waals surface area contributed by atoms with Crippen molar-refractivity contribution in [1.29, 1.82) is 5.26 Å². The number of anilines is 1. The summed E-state index contributed by atoms with van der Waals surface area (Å²) in [6, 6.07) is 19.4. The van der Waals surface area contributed by atoms with Crippen molar-refractivity contribution in [2.75, 3.05) is 18.4 Å². The van der Waals surface area contributed by atoms with E-state index in [1.807, 2.05) is 24.3 Å². The number of fused-ring (bicyclic) bond motifs is 1. The van der Waals surface area contributed by atoms with E-state index >= 15 is 0 Å². The van der Waals surface area contributed by atoms with Crippen LogP contribution < -0.4 is 5.32 Å². The molecule has 1 aromatic heterocycles. The van der Waals surface area contributed by atoms with Gasteiger partial charge in [-0.1, -0.05) is 49.3 Å². The van der Waals surface area contributed by atoms with Gasteiger partial charge in [-0.2, -0.15) is 9.57 Å². The molecule has 10 nitrogen and oxygen atoms in total. The number of carbonyl (C=O) groups excluding carboxylic acids is 2. The highest BCUT2D eigenvalue weighted by Crippen LogP contribution is 2.26. The second kappa shape index (κ2) is 11.2. The molecular weight excluding hydrogens is 508 g/mol. The molecule has 11 heteroatoms. The summed E-state index contributed by atoms with van der Waals surface area (Å²) >= 11 is 0. The maximum Gasteiger partial charge on any atom is 0.340 e. The van der Waals surface area contributed by atoms with Gasteiger partial charge in [0.25, 0.3) is 5.91 Å². The highest BCUT2D eigenvalue weighted by molar-refractivity contribution is 7.89. The third-order valence-corrected chi connectivity index (χ3v) is 7.88. The van der Waals surface area contributed by atoms with Crippen molar-refractivity contribution < 1.29 is 27.3 Å². The summed E-state index contributed by atoms with van der Waals surface area (Å²) in [4.78, 5) is 26.1. The number of nitriles is 1. The minimum atomic E-state index is -3.79. The third kappa shape index (κ3) is 5.41. The minimum Gasteiger partial charge on any atom is -0.457 e. The van der Waals surface area contributed by atoms with Crippen LogP contribution in [-0.2, 0) is 21.4 Å². The molecule has 0 radical (unpaired) electrons. The van der Waals surface area contributed by atoms with Crippen molar-refractivity contribution in [1.82, 2.24) is 9.46 Å². The Morgan fingerprint density at radius 1 is 1.05 bits per heavy atom. The van der Waals surface area contributed by atoms with Crippen LogP contribution in [0.25, 0.3) is 11.0 Å². The molecule has 1 amide bonds. The van der Waals surface area contributed by atoms with Crippen LogP contribution in [0.2, 0.25) is 0 Å². The van der Waals surface area contributed by atoms with Gasteiger partial charge >= 0.3 is 5.97 Å². The van der Waals surface area contributed by atoms with E-state index in [1.54, 1.807) is 26.0 Å². The third-order valence-electron chi connectivity index (χ3n) is 5.83. The zero-order valence-electron chi connectivity index (χ0n) is 20.7. The number of aromatic nitrogens is 1. The van der Waals surface area contributed by atoms with Gasteiger partial charge in [-0.3, -0.25) is 4.79 Å². The van der Waals surface area contributed by atoms with E-state index in [2.05, 4.69) is 10.5 Å². The number of amides is 1. The number of hydrogen-bond acceptors (Lipinski definition) is 8. The van der Waals surface area contributed by atoms with Crippen LogP contribution >= 0.6 is 0 Å². The highest BCUT2D eigenvalue weighted by Gasteiger charge is 2.25. The van der Waals surface area contributed by atoms with Gasteiger partial charge in [0.15, 0.2) is 11.3 Å². The van der Waals surface area contributed by atoms with Crippen molar-refractivity contribution in [3.05, 3.63) is 89.1 Å². The van der Waals surface area contributed by atoms with E-state index in [9.17, 15) is 23.3 Å². The first-order chi connectivity index (χ1) is 18.3. The number of benzene rings is 3. The fourth-order valence-electron chi connectivity index (χ4n) is 3.83. The molecule has 0 saturated carbocycles. The molecule has 0 spiro atoms. The molecule has 38 heavy (non-hydrogen) atoms. The normalized spacial score (nSPS) is 11.3. The molecule has 0 aliphatic heterocycles. The van der Waals surface area contributed by atoms with E-state index < -0.39 is 21.9 Å². The molecule has 4 aromatic rings. The van der Waals surface area contributed by atoms with Crippen molar-refractivity contribution in [3.8, 4) is 6.07 Å². The number of carbonyl (C=O) groups is 2. The predicted molar refractivity (Wildman–Crippen MR) is 139 cm³/mol. The molecule has 0 atom stereocenters. The largest absolute Gasteiger partial charge is 0.457 e. The van der Waals surface area contributed by atoms with Crippen LogP contribution in [0.15, 0.2) is 76.1 Å². The molecule has 0 unspecified atom stereocenters. The lowest BCUT2D eigenvalue weighted by Gasteiger charge is -2.18. The van der Waals surface area contributed by atoms with Crippen molar-refractivity contribution in [2.24, 2.45) is 0 Å². The van der Waals surface area contributed by atoms with Gasteiger partial charge in [-0.25, -0.2) is 13.2 Å². The molecule has 194 valence electrons. The first-order valence-electron chi connectivity index (χ1n) is 11.7. The molecule has 1 N–H and O–H groups in total. The lowest BCUT2D eigenvalue weighted by molar-refractivity contribution is 0.0474. The Hall–Kier alpha value is -4.53. The predicted octanol–water partition coefficient (Wildman–Crippen LogP) is 4.34. The van der Waals surface area contributed by atoms with E-state index in [0.29, 0.717) is 0 Å². The summed E-state index contributed by atoms with van der Waals surface area (Å²) in [5, 5.41) is 15.9. The van der Waals surface area contributed by atoms with Crippen LogP contribution in [0, 0.1) is 11.3 Å². The summed E-state index contributed by atoms with van der Waals surface area (Å²) in [5.74, 6) is -1.47. The van der Waals surface area contributed by atoms with Crippen LogP contribution in [0.1, 0.15) is 45.8 Å². The number of nitrogens with one attached hydrogen (secondary N) is 1. The number of rotatable bonds is 9. The molecule has 0 saturated heterocycles. The summed E-state index contributed by atoms with van der Waals surface area (Å²) in [7, 11) is -3.79. The summed E-state index contributed by atoms with van der Waals surface area (Å²) < 4.78 is 37.9. The summed E-state index contributed by atoms with van der Waals surface area (Å²) in [5.41, 5.74) is 1.10. The molecule has 0 aliphatic rings. The smallest absolute Gasteiger partial charge is 0.340 e. The molecule has 3 aromatic carbocycles.